The summed E-state index contributed by atoms with van der Waals surface area (Å²) in [5, 5.41) is 13.3. The summed E-state index contributed by atoms with van der Waals surface area (Å²) < 4.78 is 11.4. The van der Waals surface area contributed by atoms with Gasteiger partial charge in [0.25, 0.3) is 0 Å². The number of fused-ring (bicyclic) bond motifs is 1. The average molecular weight is 425 g/mol. The van der Waals surface area contributed by atoms with Gasteiger partial charge in [-0.1, -0.05) is 24.3 Å². The first-order valence-corrected chi connectivity index (χ1v) is 10.7. The number of hydrogen-bond acceptors (Lipinski definition) is 6. The number of hydrogen-bond donors (Lipinski definition) is 2. The normalized spacial score (nSPS) is 14.2. The van der Waals surface area contributed by atoms with Gasteiger partial charge < -0.3 is 19.9 Å². The van der Waals surface area contributed by atoms with E-state index in [2.05, 4.69) is 10.3 Å². The van der Waals surface area contributed by atoms with E-state index in [0.29, 0.717) is 36.6 Å². The van der Waals surface area contributed by atoms with Gasteiger partial charge in [-0.15, -0.1) is 11.3 Å². The van der Waals surface area contributed by atoms with E-state index in [1.807, 2.05) is 48.8 Å². The number of carboxylic acid groups (broad SMARTS) is 1. The molecule has 0 amide bonds. The maximum atomic E-state index is 12.2. The number of thiazole rings is 1. The molecular weight excluding hydrogens is 400 g/mol. The van der Waals surface area contributed by atoms with E-state index in [-0.39, 0.29) is 0 Å². The highest BCUT2D eigenvalue weighted by atomic mass is 32.1. The van der Waals surface area contributed by atoms with Gasteiger partial charge in [0.1, 0.15) is 5.54 Å². The van der Waals surface area contributed by atoms with Crippen LogP contribution in [-0.4, -0.2) is 35.3 Å². The van der Waals surface area contributed by atoms with Crippen LogP contribution >= 0.6 is 11.3 Å². The summed E-state index contributed by atoms with van der Waals surface area (Å²) >= 11 is 1.62. The Labute approximate surface area is 179 Å². The molecule has 0 bridgehead atoms. The Morgan fingerprint density at radius 1 is 1.20 bits per heavy atom. The van der Waals surface area contributed by atoms with E-state index >= 15 is 0 Å². The minimum Gasteiger partial charge on any atom is -0.493 e. The first-order valence-electron chi connectivity index (χ1n) is 9.79. The van der Waals surface area contributed by atoms with Crippen LogP contribution in [0.4, 0.5) is 5.69 Å². The lowest BCUT2D eigenvalue weighted by Crippen LogP contribution is -2.47. The highest BCUT2D eigenvalue weighted by Crippen LogP contribution is 2.36. The van der Waals surface area contributed by atoms with Gasteiger partial charge in [-0.25, -0.2) is 9.78 Å². The molecule has 0 saturated heterocycles. The molecule has 1 aliphatic carbocycles. The van der Waals surface area contributed by atoms with Crippen LogP contribution in [0.5, 0.6) is 11.5 Å². The van der Waals surface area contributed by atoms with E-state index < -0.39 is 11.5 Å². The van der Waals surface area contributed by atoms with Crippen LogP contribution in [0.2, 0.25) is 0 Å². The molecule has 2 aromatic carbocycles. The molecule has 0 aliphatic heterocycles. The number of carbonyl (C=O) groups is 1. The molecule has 30 heavy (non-hydrogen) atoms. The lowest BCUT2D eigenvalue weighted by molar-refractivity contribution is -0.142. The molecule has 7 heteroatoms. The van der Waals surface area contributed by atoms with Crippen LogP contribution in [0.3, 0.4) is 0 Å². The molecule has 0 atom stereocenters. The van der Waals surface area contributed by atoms with Gasteiger partial charge in [0.05, 0.1) is 24.9 Å². The van der Waals surface area contributed by atoms with Crippen LogP contribution in [0, 0.1) is 6.92 Å². The second kappa shape index (κ2) is 8.36. The number of anilines is 1. The molecule has 156 valence electrons. The van der Waals surface area contributed by atoms with Crippen molar-refractivity contribution in [2.24, 2.45) is 0 Å². The van der Waals surface area contributed by atoms with Gasteiger partial charge in [-0.3, -0.25) is 0 Å². The van der Waals surface area contributed by atoms with Gasteiger partial charge >= 0.3 is 5.97 Å². The highest BCUT2D eigenvalue weighted by molar-refractivity contribution is 7.09. The van der Waals surface area contributed by atoms with E-state index in [1.165, 1.54) is 4.88 Å². The molecule has 0 unspecified atom stereocenters. The Bertz CT molecular complexity index is 1040. The highest BCUT2D eigenvalue weighted by Gasteiger charge is 2.44. The molecule has 3 aromatic rings. The lowest BCUT2D eigenvalue weighted by atomic mass is 9.95. The Morgan fingerprint density at radius 3 is 2.53 bits per heavy atom. The quantitative estimate of drug-likeness (QED) is 0.566. The molecule has 0 spiro atoms. The molecule has 2 N–H and O–H groups in total. The zero-order valence-electron chi connectivity index (χ0n) is 17.0. The predicted molar refractivity (Wildman–Crippen MR) is 117 cm³/mol. The number of aromatic nitrogens is 1. The summed E-state index contributed by atoms with van der Waals surface area (Å²) in [4.78, 5) is 17.7. The maximum absolute atomic E-state index is 12.2. The standard InChI is InChI=1S/C23H24N2O4S/c1-15-21(30-14-24-15)9-10-29-20-11-18(7-8-19(20)28-2)25-23(22(26)27)12-16-5-3-4-6-17(16)13-23/h3-8,11,14,25H,9-10,12-13H2,1-2H3,(H,26,27). The summed E-state index contributed by atoms with van der Waals surface area (Å²) in [6.45, 7) is 2.47. The van der Waals surface area contributed by atoms with Crippen molar-refractivity contribution in [1.82, 2.24) is 4.98 Å². The van der Waals surface area contributed by atoms with Crippen molar-refractivity contribution in [2.45, 2.75) is 31.7 Å². The number of rotatable bonds is 8. The van der Waals surface area contributed by atoms with Crippen LogP contribution in [0.1, 0.15) is 21.7 Å². The Balaban J connectivity index is 1.52. The van der Waals surface area contributed by atoms with Gasteiger partial charge in [0.2, 0.25) is 0 Å². The van der Waals surface area contributed by atoms with Crippen molar-refractivity contribution in [3.8, 4) is 11.5 Å². The number of nitrogens with one attached hydrogen (secondary N) is 1. The molecular formula is C23H24N2O4S. The third-order valence-electron chi connectivity index (χ3n) is 5.49. The number of methoxy groups -OCH3 is 1. The third kappa shape index (κ3) is 3.98. The van der Waals surface area contributed by atoms with Crippen molar-refractivity contribution in [1.29, 1.82) is 0 Å². The summed E-state index contributed by atoms with van der Waals surface area (Å²) in [6, 6.07) is 13.3. The van der Waals surface area contributed by atoms with Gasteiger partial charge in [-0.2, -0.15) is 0 Å². The monoisotopic (exact) mass is 424 g/mol. The summed E-state index contributed by atoms with van der Waals surface area (Å²) in [7, 11) is 1.59. The fraction of sp³-hybridized carbons (Fsp3) is 0.304. The fourth-order valence-corrected chi connectivity index (χ4v) is 4.63. The number of carboxylic acids is 1. The summed E-state index contributed by atoms with van der Waals surface area (Å²) in [5.74, 6) is 0.332. The Hall–Kier alpha value is -3.06. The zero-order valence-corrected chi connectivity index (χ0v) is 17.8. The third-order valence-corrected chi connectivity index (χ3v) is 6.49. The van der Waals surface area contributed by atoms with Crippen LogP contribution in [0.15, 0.2) is 48.0 Å². The van der Waals surface area contributed by atoms with Crippen molar-refractivity contribution >= 4 is 23.0 Å². The summed E-state index contributed by atoms with van der Waals surface area (Å²) in [6.07, 6.45) is 1.63. The fourth-order valence-electron chi connectivity index (χ4n) is 3.87. The molecule has 6 nitrogen and oxygen atoms in total. The molecule has 0 fully saturated rings. The molecule has 1 aliphatic rings. The minimum atomic E-state index is -1.07. The largest absolute Gasteiger partial charge is 0.493 e. The van der Waals surface area contributed by atoms with Crippen LogP contribution in [-0.2, 0) is 24.1 Å². The van der Waals surface area contributed by atoms with Crippen molar-refractivity contribution in [3.63, 3.8) is 0 Å². The van der Waals surface area contributed by atoms with E-state index in [1.54, 1.807) is 24.5 Å². The smallest absolute Gasteiger partial charge is 0.330 e. The lowest BCUT2D eigenvalue weighted by Gasteiger charge is -2.27. The second-order valence-corrected chi connectivity index (χ2v) is 8.40. The van der Waals surface area contributed by atoms with Gasteiger partial charge in [0, 0.05) is 35.9 Å². The topological polar surface area (TPSA) is 80.7 Å². The number of aryl methyl sites for hydroxylation is 1. The molecule has 1 heterocycles. The molecule has 0 saturated carbocycles. The van der Waals surface area contributed by atoms with Gasteiger partial charge in [-0.05, 0) is 30.2 Å². The minimum absolute atomic E-state index is 0.436. The van der Waals surface area contributed by atoms with Crippen molar-refractivity contribution in [3.05, 3.63) is 69.7 Å². The SMILES string of the molecule is COc1ccc(NC2(C(=O)O)Cc3ccccc3C2)cc1OCCc1scnc1C. The van der Waals surface area contributed by atoms with Crippen LogP contribution in [0.25, 0.3) is 0 Å². The predicted octanol–water partition coefficient (Wildman–Crippen LogP) is 4.12. The number of nitrogens with zero attached hydrogens (tertiary/aromatic N) is 1. The van der Waals surface area contributed by atoms with E-state index in [4.69, 9.17) is 9.47 Å². The van der Waals surface area contributed by atoms with Crippen molar-refractivity contribution < 1.29 is 19.4 Å². The van der Waals surface area contributed by atoms with Crippen LogP contribution < -0.4 is 14.8 Å². The second-order valence-electron chi connectivity index (χ2n) is 7.46. The number of aliphatic carboxylic acids is 1. The molecule has 0 radical (unpaired) electrons. The molecule has 1 aromatic heterocycles. The molecule has 4 rings (SSSR count). The van der Waals surface area contributed by atoms with E-state index in [0.717, 1.165) is 23.2 Å². The maximum Gasteiger partial charge on any atom is 0.330 e. The Morgan fingerprint density at radius 2 is 1.93 bits per heavy atom. The Kier molecular flexibility index (Phi) is 5.63. The average Bonchev–Trinajstić information content (AvgIpc) is 3.32. The number of ether oxygens (including phenoxy) is 2. The number of benzene rings is 2. The summed E-state index contributed by atoms with van der Waals surface area (Å²) in [5.41, 5.74) is 4.61. The first kappa shape index (κ1) is 20.2. The zero-order chi connectivity index (χ0) is 21.1. The first-order chi connectivity index (χ1) is 14.5. The van der Waals surface area contributed by atoms with Gasteiger partial charge in [0.15, 0.2) is 11.5 Å². The van der Waals surface area contributed by atoms with E-state index in [9.17, 15) is 9.90 Å². The van der Waals surface area contributed by atoms with Crippen molar-refractivity contribution in [2.75, 3.05) is 19.0 Å².